The highest BCUT2D eigenvalue weighted by atomic mass is 19.3. The van der Waals surface area contributed by atoms with Gasteiger partial charge in [0, 0.05) is 30.8 Å². The number of hydrazone groups is 1. The molecular formula is C17H15F3N4O3. The molecule has 0 radical (unpaired) electrons. The number of nitrogens with zero attached hydrogens (tertiary/aromatic N) is 4. The number of methoxy groups -OCH3 is 1. The average Bonchev–Trinajstić information content (AvgIpc) is 3.00. The van der Waals surface area contributed by atoms with Gasteiger partial charge in [0.15, 0.2) is 11.4 Å². The molecule has 0 aliphatic carbocycles. The molecule has 1 unspecified atom stereocenters. The predicted molar refractivity (Wildman–Crippen MR) is 89.0 cm³/mol. The van der Waals surface area contributed by atoms with Gasteiger partial charge in [-0.1, -0.05) is 0 Å². The van der Waals surface area contributed by atoms with E-state index in [4.69, 9.17) is 0 Å². The second-order valence-corrected chi connectivity index (χ2v) is 5.88. The Hall–Kier alpha value is -2.88. The first-order valence-electron chi connectivity index (χ1n) is 8.01. The van der Waals surface area contributed by atoms with Gasteiger partial charge < -0.3 is 4.74 Å². The van der Waals surface area contributed by atoms with Crippen molar-refractivity contribution in [2.75, 3.05) is 20.3 Å². The molecule has 1 aliphatic rings. The van der Waals surface area contributed by atoms with Gasteiger partial charge in [-0.05, 0) is 19.1 Å². The van der Waals surface area contributed by atoms with Crippen molar-refractivity contribution in [3.8, 4) is 0 Å². The van der Waals surface area contributed by atoms with Gasteiger partial charge in [-0.25, -0.2) is 19.4 Å². The summed E-state index contributed by atoms with van der Waals surface area (Å²) in [6.07, 6.45) is 1.93. The number of pyridine rings is 2. The highest BCUT2D eigenvalue weighted by Gasteiger charge is 2.42. The second kappa shape index (κ2) is 7.03. The largest absolute Gasteiger partial charge is 0.378 e. The van der Waals surface area contributed by atoms with Crippen molar-refractivity contribution in [1.29, 1.82) is 0 Å². The van der Waals surface area contributed by atoms with Crippen LogP contribution in [0.2, 0.25) is 0 Å². The van der Waals surface area contributed by atoms with Crippen LogP contribution in [-0.2, 0) is 15.5 Å². The Bertz CT molecular complexity index is 948. The molecule has 1 atom stereocenters. The molecule has 2 aromatic rings. The molecule has 142 valence electrons. The molecule has 1 aliphatic heterocycles. The van der Waals surface area contributed by atoms with Crippen LogP contribution in [0.4, 0.5) is 13.2 Å². The molecule has 7 nitrogen and oxygen atoms in total. The third-order valence-corrected chi connectivity index (χ3v) is 4.03. The van der Waals surface area contributed by atoms with Crippen molar-refractivity contribution in [1.82, 2.24) is 15.0 Å². The third kappa shape index (κ3) is 3.39. The molecule has 2 aromatic heterocycles. The monoisotopic (exact) mass is 380 g/mol. The van der Waals surface area contributed by atoms with Crippen LogP contribution in [0.5, 0.6) is 0 Å². The lowest BCUT2D eigenvalue weighted by atomic mass is 9.94. The van der Waals surface area contributed by atoms with Crippen LogP contribution < -0.4 is 0 Å². The number of amides is 1. The topological polar surface area (TPSA) is 84.8 Å². The maximum Gasteiger partial charge on any atom is 0.313 e. The number of hydrogen-bond donors (Lipinski definition) is 0. The highest BCUT2D eigenvalue weighted by Crippen LogP contribution is 2.33. The Kier molecular flexibility index (Phi) is 4.92. The van der Waals surface area contributed by atoms with E-state index in [2.05, 4.69) is 19.8 Å². The lowest BCUT2D eigenvalue weighted by Gasteiger charge is -2.19. The molecule has 0 fully saturated rings. The summed E-state index contributed by atoms with van der Waals surface area (Å²) in [6.45, 7) is 0.865. The van der Waals surface area contributed by atoms with Gasteiger partial charge in [-0.2, -0.15) is 13.9 Å². The highest BCUT2D eigenvalue weighted by molar-refractivity contribution is 6.22. The predicted octanol–water partition coefficient (Wildman–Crippen LogP) is 2.15. The minimum Gasteiger partial charge on any atom is -0.378 e. The normalized spacial score (nSPS) is 17.1. The van der Waals surface area contributed by atoms with Gasteiger partial charge in [0.05, 0.1) is 6.20 Å². The number of Topliss-reactive ketones (excluding diaryl/α,β-unsaturated/α-hetero) is 1. The minimum absolute atomic E-state index is 0.0602. The van der Waals surface area contributed by atoms with Crippen LogP contribution in [0.1, 0.15) is 23.0 Å². The summed E-state index contributed by atoms with van der Waals surface area (Å²) < 4.78 is 47.1. The number of ketones is 1. The number of halogens is 3. The Balaban J connectivity index is 2.15. The lowest BCUT2D eigenvalue weighted by molar-refractivity contribution is -0.130. The van der Waals surface area contributed by atoms with Crippen LogP contribution in [0.15, 0.2) is 23.4 Å². The lowest BCUT2D eigenvalue weighted by Crippen LogP contribution is -2.33. The molecule has 0 saturated carbocycles. The zero-order chi connectivity index (χ0) is 19.8. The van der Waals surface area contributed by atoms with Crippen molar-refractivity contribution < 1.29 is 27.5 Å². The first-order chi connectivity index (χ1) is 12.8. The van der Waals surface area contributed by atoms with E-state index < -0.39 is 47.2 Å². The Morgan fingerprint density at radius 1 is 1.37 bits per heavy atom. The SMILES string of the molecule is CCN1N=CC(C(=O)c2cc3cc(F)cnc3nc2C(F)(F)COC)C1=O. The molecule has 1 amide bonds. The summed E-state index contributed by atoms with van der Waals surface area (Å²) >= 11 is 0. The van der Waals surface area contributed by atoms with Crippen molar-refractivity contribution in [2.45, 2.75) is 12.8 Å². The fourth-order valence-corrected chi connectivity index (χ4v) is 2.77. The molecule has 3 heterocycles. The van der Waals surface area contributed by atoms with E-state index in [0.717, 1.165) is 36.7 Å². The Morgan fingerprint density at radius 2 is 2.11 bits per heavy atom. The number of rotatable bonds is 6. The number of fused-ring (bicyclic) bond motifs is 1. The van der Waals surface area contributed by atoms with Crippen molar-refractivity contribution >= 4 is 28.9 Å². The van der Waals surface area contributed by atoms with E-state index in [9.17, 15) is 22.8 Å². The standard InChI is InChI=1S/C17H15F3N4O3/c1-3-24-16(26)12(7-22-24)13(25)11-5-9-4-10(18)6-21-15(9)23-14(11)17(19,20)8-27-2/h4-7,12H,3,8H2,1-2H3. The van der Waals surface area contributed by atoms with E-state index in [1.807, 2.05) is 0 Å². The van der Waals surface area contributed by atoms with Gasteiger partial charge in [-0.3, -0.25) is 9.59 Å². The molecule has 0 N–H and O–H groups in total. The first-order valence-corrected chi connectivity index (χ1v) is 8.01. The number of carbonyl (C=O) groups is 2. The third-order valence-electron chi connectivity index (χ3n) is 4.03. The van der Waals surface area contributed by atoms with Crippen molar-refractivity contribution in [3.63, 3.8) is 0 Å². The summed E-state index contributed by atoms with van der Waals surface area (Å²) in [4.78, 5) is 32.5. The van der Waals surface area contributed by atoms with Gasteiger partial charge in [0.25, 0.3) is 5.91 Å². The maximum atomic E-state index is 14.5. The average molecular weight is 380 g/mol. The van der Waals surface area contributed by atoms with Gasteiger partial charge >= 0.3 is 5.92 Å². The van der Waals surface area contributed by atoms with Crippen LogP contribution in [0.25, 0.3) is 11.0 Å². The molecule has 0 aromatic carbocycles. The number of carbonyl (C=O) groups excluding carboxylic acids is 2. The molecule has 0 bridgehead atoms. The summed E-state index contributed by atoms with van der Waals surface area (Å²) in [5.74, 6) is -7.20. The van der Waals surface area contributed by atoms with Gasteiger partial charge in [-0.15, -0.1) is 0 Å². The fourth-order valence-electron chi connectivity index (χ4n) is 2.77. The molecule has 10 heteroatoms. The number of aromatic nitrogens is 2. The second-order valence-electron chi connectivity index (χ2n) is 5.88. The van der Waals surface area contributed by atoms with Crippen LogP contribution >= 0.6 is 0 Å². The van der Waals surface area contributed by atoms with Crippen LogP contribution in [-0.4, -0.2) is 53.1 Å². The molecule has 0 spiro atoms. The molecule has 0 saturated heterocycles. The Morgan fingerprint density at radius 3 is 2.74 bits per heavy atom. The van der Waals surface area contributed by atoms with Gasteiger partial charge in [0.1, 0.15) is 24.0 Å². The van der Waals surface area contributed by atoms with E-state index in [-0.39, 0.29) is 17.6 Å². The maximum absolute atomic E-state index is 14.5. The smallest absolute Gasteiger partial charge is 0.313 e. The fraction of sp³-hybridized carbons (Fsp3) is 0.353. The van der Waals surface area contributed by atoms with Crippen LogP contribution in [0, 0.1) is 11.7 Å². The minimum atomic E-state index is -3.62. The molecule has 3 rings (SSSR count). The summed E-state index contributed by atoms with van der Waals surface area (Å²) in [5.41, 5.74) is -1.53. The van der Waals surface area contributed by atoms with E-state index in [1.165, 1.54) is 0 Å². The Labute approximate surface area is 151 Å². The summed E-state index contributed by atoms with van der Waals surface area (Å²) in [6, 6.07) is 2.09. The van der Waals surface area contributed by atoms with E-state index in [0.29, 0.717) is 0 Å². The van der Waals surface area contributed by atoms with E-state index in [1.54, 1.807) is 6.92 Å². The van der Waals surface area contributed by atoms with Crippen molar-refractivity contribution in [2.24, 2.45) is 11.0 Å². The molecule has 27 heavy (non-hydrogen) atoms. The molecular weight excluding hydrogens is 365 g/mol. The first kappa shape index (κ1) is 18.9. The zero-order valence-corrected chi connectivity index (χ0v) is 14.4. The number of hydrogen-bond acceptors (Lipinski definition) is 6. The van der Waals surface area contributed by atoms with E-state index >= 15 is 0 Å². The van der Waals surface area contributed by atoms with Gasteiger partial charge in [0.2, 0.25) is 0 Å². The quantitative estimate of drug-likeness (QED) is 0.566. The van der Waals surface area contributed by atoms with Crippen LogP contribution in [0.3, 0.4) is 0 Å². The number of alkyl halides is 2. The number of ether oxygens (including phenoxy) is 1. The summed E-state index contributed by atoms with van der Waals surface area (Å²) in [5, 5.41) is 4.92. The summed E-state index contributed by atoms with van der Waals surface area (Å²) in [7, 11) is 1.08. The zero-order valence-electron chi connectivity index (χ0n) is 14.4. The van der Waals surface area contributed by atoms with Crippen molar-refractivity contribution in [3.05, 3.63) is 35.4 Å².